The second-order valence-corrected chi connectivity index (χ2v) is 12.7. The first-order valence-electron chi connectivity index (χ1n) is 9.13. The van der Waals surface area contributed by atoms with Gasteiger partial charge in [-0.05, 0) is 38.6 Å². The molecule has 0 bridgehead atoms. The molecule has 1 atom stereocenters. The van der Waals surface area contributed by atoms with Gasteiger partial charge in [0.15, 0.2) is 21.7 Å². The molecule has 0 aliphatic heterocycles. The van der Waals surface area contributed by atoms with E-state index in [4.69, 9.17) is 0 Å². The highest BCUT2D eigenvalue weighted by Gasteiger charge is 2.95. The molecule has 0 heterocycles. The third-order valence-corrected chi connectivity index (χ3v) is 8.29. The third kappa shape index (κ3) is 6.80. The molecule has 1 unspecified atom stereocenters. The fourth-order valence-electron chi connectivity index (χ4n) is 1.83. The molecule has 0 fully saturated rings. The van der Waals surface area contributed by atoms with Gasteiger partial charge in [-0.1, -0.05) is 0 Å². The second-order valence-electron chi connectivity index (χ2n) is 8.51. The van der Waals surface area contributed by atoms with Crippen LogP contribution in [0.25, 0.3) is 0 Å². The van der Waals surface area contributed by atoms with Gasteiger partial charge in [0.25, 0.3) is 0 Å². The molecule has 236 valence electrons. The van der Waals surface area contributed by atoms with E-state index in [-0.39, 0.29) is 10.9 Å². The number of carbonyl (C=O) groups is 1. The maximum atomic E-state index is 13.0. The van der Waals surface area contributed by atoms with Crippen molar-refractivity contribution in [3.63, 3.8) is 0 Å². The number of rotatable bonds is 9. The zero-order valence-corrected chi connectivity index (χ0v) is 21.2. The summed E-state index contributed by atoms with van der Waals surface area (Å²) in [6.45, 7) is 8.20. The summed E-state index contributed by atoms with van der Waals surface area (Å²) in [5.41, 5.74) is 0. The highest BCUT2D eigenvalue weighted by molar-refractivity contribution is 7.98. The van der Waals surface area contributed by atoms with Crippen LogP contribution in [0.3, 0.4) is 0 Å². The van der Waals surface area contributed by atoms with Crippen LogP contribution in [0, 0.1) is 0 Å². The summed E-state index contributed by atoms with van der Waals surface area (Å²) < 4.78 is 244. The maximum absolute atomic E-state index is 13.0. The van der Waals surface area contributed by atoms with Crippen molar-refractivity contribution in [1.29, 1.82) is 0 Å². The van der Waals surface area contributed by atoms with Crippen LogP contribution in [0.2, 0.25) is 0 Å². The minimum atomic E-state index is -8.92. The topological polar surface area (TPSA) is 74.3 Å². The molecular weight excluding hydrogens is 643 g/mol. The predicted molar refractivity (Wildman–Crippen MR) is 99.0 cm³/mol. The molecule has 23 heteroatoms. The Morgan fingerprint density at radius 1 is 0.615 bits per heavy atom. The lowest BCUT2D eigenvalue weighted by molar-refractivity contribution is -0.458. The second kappa shape index (κ2) is 10.9. The number of hydrogen-bond donors (Lipinski definition) is 0. The van der Waals surface area contributed by atoms with Crippen molar-refractivity contribution in [3.05, 3.63) is 0 Å². The van der Waals surface area contributed by atoms with E-state index in [0.29, 0.717) is 10.5 Å². The van der Waals surface area contributed by atoms with Crippen LogP contribution in [0.4, 0.5) is 74.6 Å². The highest BCUT2D eigenvalue weighted by Crippen LogP contribution is 2.64. The summed E-state index contributed by atoms with van der Waals surface area (Å²) in [7, 11) is -7.91. The zero-order valence-electron chi connectivity index (χ0n) is 19.6. The summed E-state index contributed by atoms with van der Waals surface area (Å²) in [4.78, 5) is 10.7. The smallest absolute Gasteiger partial charge is 0.460 e. The quantitative estimate of drug-likeness (QED) is 0.170. The molecule has 0 saturated heterocycles. The molecule has 0 aromatic heterocycles. The molecule has 0 aliphatic carbocycles. The van der Waals surface area contributed by atoms with Gasteiger partial charge in [0, 0.05) is 0 Å². The van der Waals surface area contributed by atoms with E-state index in [2.05, 4.69) is 27.0 Å². The van der Waals surface area contributed by atoms with Gasteiger partial charge >= 0.3 is 47.0 Å². The largest absolute Gasteiger partial charge is 0.743 e. The molecule has 0 rings (SSSR count). The summed E-state index contributed by atoms with van der Waals surface area (Å²) in [6, 6.07) is 0. The van der Waals surface area contributed by atoms with Crippen molar-refractivity contribution in [2.24, 2.45) is 0 Å². The van der Waals surface area contributed by atoms with Crippen molar-refractivity contribution in [3.8, 4) is 0 Å². The standard InChI is InChI=1S/C8HF17O3S.C8H17OS/c9-1(10,3(13,14)5(17,18)7(21,22)23)2(11,12)4(15,16)6(19,20)8(24,25)29(26,27)28;1-7(9)6-10(5)8(2,3)4/h(H,26,27,28);6H2,1-5H3/q;+1/p-1. The number of ketones is 1. The Kier molecular flexibility index (Phi) is 11.1. The third-order valence-electron chi connectivity index (χ3n) is 4.47. The summed E-state index contributed by atoms with van der Waals surface area (Å²) in [5.74, 6) is -51.1. The lowest BCUT2D eigenvalue weighted by Gasteiger charge is -2.42. The average Bonchev–Trinajstić information content (AvgIpc) is 2.64. The van der Waals surface area contributed by atoms with E-state index < -0.39 is 57.1 Å². The highest BCUT2D eigenvalue weighted by atomic mass is 32.2. The normalized spacial score (nSPS) is 16.4. The fourth-order valence-corrected chi connectivity index (χ4v) is 3.31. The number of halogens is 17. The van der Waals surface area contributed by atoms with E-state index in [0.717, 1.165) is 5.75 Å². The average molecular weight is 660 g/mol. The molecule has 0 spiro atoms. The first-order valence-corrected chi connectivity index (χ1v) is 12.3. The van der Waals surface area contributed by atoms with E-state index >= 15 is 0 Å². The Balaban J connectivity index is 0. The van der Waals surface area contributed by atoms with Crippen LogP contribution in [0.1, 0.15) is 27.7 Å². The minimum absolute atomic E-state index is 0.233. The van der Waals surface area contributed by atoms with Crippen molar-refractivity contribution in [2.75, 3.05) is 12.0 Å². The van der Waals surface area contributed by atoms with Gasteiger partial charge in [0.05, 0.1) is 6.26 Å². The number of alkyl halides is 17. The fraction of sp³-hybridized carbons (Fsp3) is 0.938. The van der Waals surface area contributed by atoms with Crippen LogP contribution < -0.4 is 0 Å². The molecule has 0 N–H and O–H groups in total. The molecule has 0 saturated carbocycles. The van der Waals surface area contributed by atoms with Gasteiger partial charge in [-0.3, -0.25) is 4.79 Å². The van der Waals surface area contributed by atoms with Crippen molar-refractivity contribution >= 4 is 26.8 Å². The van der Waals surface area contributed by atoms with Crippen LogP contribution >= 0.6 is 0 Å². The van der Waals surface area contributed by atoms with Crippen molar-refractivity contribution in [2.45, 2.75) is 79.4 Å². The Hall–Kier alpha value is -1.26. The molecule has 0 aromatic rings. The molecule has 39 heavy (non-hydrogen) atoms. The van der Waals surface area contributed by atoms with Crippen LogP contribution in [-0.4, -0.2) is 82.5 Å². The van der Waals surface area contributed by atoms with Crippen LogP contribution in [0.15, 0.2) is 0 Å². The van der Waals surface area contributed by atoms with E-state index in [9.17, 15) is 92.4 Å². The minimum Gasteiger partial charge on any atom is -0.743 e. The SMILES string of the molecule is CC(=O)C[S+](C)C(C)(C)C.O=S(=O)([O-])C(F)(F)C(F)(F)C(F)(F)C(F)(F)C(F)(F)C(F)(F)C(F)(F)C(F)(F)F. The Bertz CT molecular complexity index is 982. The van der Waals surface area contributed by atoms with Crippen molar-refractivity contribution < 1.29 is 92.4 Å². The molecule has 0 amide bonds. The molecule has 0 aromatic carbocycles. The van der Waals surface area contributed by atoms with Gasteiger partial charge in [0.2, 0.25) is 0 Å². The Morgan fingerprint density at radius 3 is 1.05 bits per heavy atom. The van der Waals surface area contributed by atoms with Gasteiger partial charge < -0.3 is 4.55 Å². The lowest BCUT2D eigenvalue weighted by Crippen LogP contribution is -2.75. The van der Waals surface area contributed by atoms with E-state index in [1.807, 2.05) is 0 Å². The Morgan fingerprint density at radius 2 is 0.872 bits per heavy atom. The van der Waals surface area contributed by atoms with Crippen molar-refractivity contribution in [1.82, 2.24) is 0 Å². The summed E-state index contributed by atoms with van der Waals surface area (Å²) in [6.07, 6.45) is -5.74. The van der Waals surface area contributed by atoms with Crippen LogP contribution in [-0.2, 0) is 25.8 Å². The summed E-state index contributed by atoms with van der Waals surface area (Å²) >= 11 is 0. The predicted octanol–water partition coefficient (Wildman–Crippen LogP) is 6.12. The number of hydrogen-bond acceptors (Lipinski definition) is 4. The molecule has 0 aliphatic rings. The first kappa shape index (κ1) is 39.9. The molecular formula is C16H17F17O4S2. The molecule has 0 radical (unpaired) electrons. The van der Waals surface area contributed by atoms with Gasteiger partial charge in [-0.15, -0.1) is 0 Å². The maximum Gasteiger partial charge on any atom is 0.460 e. The van der Waals surface area contributed by atoms with Gasteiger partial charge in [-0.2, -0.15) is 74.6 Å². The van der Waals surface area contributed by atoms with Gasteiger partial charge in [-0.25, -0.2) is 8.42 Å². The number of Topliss-reactive ketones (excluding diaryl/α,β-unsaturated/α-hetero) is 1. The summed E-state index contributed by atoms with van der Waals surface area (Å²) in [5, 5.41) is -7.95. The molecule has 4 nitrogen and oxygen atoms in total. The van der Waals surface area contributed by atoms with Gasteiger partial charge in [0.1, 0.15) is 4.75 Å². The first-order chi connectivity index (χ1) is 16.3. The number of carbonyl (C=O) groups excluding carboxylic acids is 1. The van der Waals surface area contributed by atoms with E-state index in [1.54, 1.807) is 6.92 Å². The zero-order chi connectivity index (χ0) is 32.9. The van der Waals surface area contributed by atoms with Crippen LogP contribution in [0.5, 0.6) is 0 Å². The monoisotopic (exact) mass is 660 g/mol. The van der Waals surface area contributed by atoms with E-state index in [1.165, 1.54) is 0 Å². The lowest BCUT2D eigenvalue weighted by atomic mass is 9.91. The Labute approximate surface area is 211 Å².